The van der Waals surface area contributed by atoms with Crippen LogP contribution in [0.3, 0.4) is 0 Å². The second kappa shape index (κ2) is 6.95. The van der Waals surface area contributed by atoms with E-state index in [0.29, 0.717) is 24.1 Å². The highest BCUT2D eigenvalue weighted by Gasteiger charge is 2.25. The summed E-state index contributed by atoms with van der Waals surface area (Å²) in [6, 6.07) is 10.2. The Hall–Kier alpha value is -3.01. The second-order valence-corrected chi connectivity index (χ2v) is 7.44. The van der Waals surface area contributed by atoms with Crippen molar-refractivity contribution >= 4 is 17.2 Å². The van der Waals surface area contributed by atoms with E-state index in [2.05, 4.69) is 40.3 Å². The van der Waals surface area contributed by atoms with Crippen LogP contribution in [0.4, 0.5) is 17.2 Å². The van der Waals surface area contributed by atoms with E-state index in [1.54, 1.807) is 6.07 Å². The van der Waals surface area contributed by atoms with E-state index in [4.69, 9.17) is 15.2 Å². The number of piperazine rings is 1. The van der Waals surface area contributed by atoms with Crippen LogP contribution in [0.15, 0.2) is 24.3 Å². The topological polar surface area (TPSA) is 79.7 Å². The Balaban J connectivity index is 1.51. The van der Waals surface area contributed by atoms with Crippen molar-refractivity contribution in [1.29, 1.82) is 5.26 Å². The zero-order valence-corrected chi connectivity index (χ0v) is 15.8. The summed E-state index contributed by atoms with van der Waals surface area (Å²) in [5.74, 6) is 3.03. The third kappa shape index (κ3) is 3.23. The minimum Gasteiger partial charge on any atom is -0.454 e. The van der Waals surface area contributed by atoms with Crippen molar-refractivity contribution in [3.63, 3.8) is 0 Å². The van der Waals surface area contributed by atoms with Crippen molar-refractivity contribution in [3.05, 3.63) is 30.0 Å². The van der Waals surface area contributed by atoms with Gasteiger partial charge >= 0.3 is 0 Å². The molecule has 2 aliphatic heterocycles. The normalized spacial score (nSPS) is 16.1. The fourth-order valence-electron chi connectivity index (χ4n) is 3.81. The van der Waals surface area contributed by atoms with Gasteiger partial charge in [-0.3, -0.25) is 0 Å². The largest absolute Gasteiger partial charge is 0.454 e. The highest BCUT2D eigenvalue weighted by atomic mass is 16.7. The van der Waals surface area contributed by atoms with Gasteiger partial charge in [0, 0.05) is 44.5 Å². The lowest BCUT2D eigenvalue weighted by molar-refractivity contribution is 0.174. The number of aromatic nitrogens is 1. The third-order valence-corrected chi connectivity index (χ3v) is 5.06. The Morgan fingerprint density at radius 2 is 1.78 bits per heavy atom. The number of fused-ring (bicyclic) bond motifs is 1. The number of nitrogen functional groups attached to an aromatic ring is 1. The molecule has 2 aliphatic rings. The van der Waals surface area contributed by atoms with Crippen LogP contribution in [0.1, 0.15) is 19.5 Å². The molecule has 3 heterocycles. The molecule has 0 unspecified atom stereocenters. The first-order valence-electron chi connectivity index (χ1n) is 9.35. The summed E-state index contributed by atoms with van der Waals surface area (Å²) in [6.45, 7) is 8.86. The van der Waals surface area contributed by atoms with Crippen molar-refractivity contribution in [2.24, 2.45) is 5.92 Å². The van der Waals surface area contributed by atoms with Crippen LogP contribution in [0.25, 0.3) is 0 Å². The van der Waals surface area contributed by atoms with Crippen LogP contribution >= 0.6 is 0 Å². The highest BCUT2D eigenvalue weighted by molar-refractivity contribution is 5.69. The van der Waals surface area contributed by atoms with E-state index >= 15 is 0 Å². The van der Waals surface area contributed by atoms with E-state index < -0.39 is 0 Å². The molecule has 27 heavy (non-hydrogen) atoms. The quantitative estimate of drug-likeness (QED) is 0.895. The molecule has 1 saturated heterocycles. The Labute approximate surface area is 159 Å². The summed E-state index contributed by atoms with van der Waals surface area (Å²) in [7, 11) is 0. The molecule has 0 amide bonds. The van der Waals surface area contributed by atoms with Gasteiger partial charge in [0.2, 0.25) is 6.79 Å². The fraction of sp³-hybridized carbons (Fsp3) is 0.450. The van der Waals surface area contributed by atoms with E-state index in [1.165, 1.54) is 0 Å². The maximum absolute atomic E-state index is 9.46. The Bertz CT molecular complexity index is 875. The summed E-state index contributed by atoms with van der Waals surface area (Å²) in [4.78, 5) is 4.64. The second-order valence-electron chi connectivity index (χ2n) is 7.44. The monoisotopic (exact) mass is 367 g/mol. The van der Waals surface area contributed by atoms with Crippen LogP contribution < -0.4 is 25.0 Å². The molecule has 7 heteroatoms. The van der Waals surface area contributed by atoms with Gasteiger partial charge in [0.1, 0.15) is 17.6 Å². The molecule has 0 spiro atoms. The average Bonchev–Trinajstić information content (AvgIpc) is 3.25. The number of anilines is 3. The van der Waals surface area contributed by atoms with E-state index in [-0.39, 0.29) is 0 Å². The van der Waals surface area contributed by atoms with Gasteiger partial charge < -0.3 is 29.6 Å². The fourth-order valence-corrected chi connectivity index (χ4v) is 3.81. The lowest BCUT2D eigenvalue weighted by Crippen LogP contribution is -2.47. The molecule has 1 fully saturated rings. The number of nitrogens with two attached hydrogens (primary N) is 1. The van der Waals surface area contributed by atoms with E-state index in [1.807, 2.05) is 12.1 Å². The molecule has 2 aromatic rings. The molecule has 4 rings (SSSR count). The standard InChI is InChI=1S/C20H25N5O2/c1-14(2)12-25-16(11-21)9-17(22)20(25)24-7-5-23(6-8-24)15-3-4-18-19(10-15)27-13-26-18/h3-4,9-10,14H,5-8,12-13,22H2,1-2H3. The zero-order chi connectivity index (χ0) is 19.0. The number of benzene rings is 1. The maximum atomic E-state index is 9.46. The Morgan fingerprint density at radius 1 is 1.07 bits per heavy atom. The minimum atomic E-state index is 0.292. The van der Waals surface area contributed by atoms with Gasteiger partial charge in [-0.1, -0.05) is 13.8 Å². The molecule has 142 valence electrons. The first-order chi connectivity index (χ1) is 13.1. The van der Waals surface area contributed by atoms with Crippen molar-refractivity contribution in [3.8, 4) is 17.6 Å². The van der Waals surface area contributed by atoms with Crippen LogP contribution in [0.5, 0.6) is 11.5 Å². The maximum Gasteiger partial charge on any atom is 0.231 e. The van der Waals surface area contributed by atoms with E-state index in [0.717, 1.165) is 55.7 Å². The molecule has 0 bridgehead atoms. The van der Waals surface area contributed by atoms with Crippen molar-refractivity contribution in [2.75, 3.05) is 48.5 Å². The van der Waals surface area contributed by atoms with E-state index in [9.17, 15) is 5.26 Å². The number of hydrogen-bond acceptors (Lipinski definition) is 6. The predicted molar refractivity (Wildman–Crippen MR) is 105 cm³/mol. The Kier molecular flexibility index (Phi) is 4.48. The average molecular weight is 367 g/mol. The number of hydrogen-bond donors (Lipinski definition) is 1. The number of ether oxygens (including phenoxy) is 2. The zero-order valence-electron chi connectivity index (χ0n) is 15.8. The molecular formula is C20H25N5O2. The summed E-state index contributed by atoms with van der Waals surface area (Å²) < 4.78 is 13.0. The molecule has 2 N–H and O–H groups in total. The molecule has 0 saturated carbocycles. The number of nitriles is 1. The van der Waals surface area contributed by atoms with Crippen LogP contribution in [-0.4, -0.2) is 37.5 Å². The number of nitrogens with zero attached hydrogens (tertiary/aromatic N) is 4. The lowest BCUT2D eigenvalue weighted by Gasteiger charge is -2.38. The van der Waals surface area contributed by atoms with Crippen molar-refractivity contribution < 1.29 is 9.47 Å². The highest BCUT2D eigenvalue weighted by Crippen LogP contribution is 2.36. The Morgan fingerprint density at radius 3 is 2.48 bits per heavy atom. The molecule has 0 atom stereocenters. The van der Waals surface area contributed by atoms with Gasteiger partial charge in [-0.25, -0.2) is 0 Å². The van der Waals surface area contributed by atoms with Crippen LogP contribution in [-0.2, 0) is 6.54 Å². The van der Waals surface area contributed by atoms with Gasteiger partial charge in [0.15, 0.2) is 11.5 Å². The van der Waals surface area contributed by atoms with Crippen molar-refractivity contribution in [2.45, 2.75) is 20.4 Å². The van der Waals surface area contributed by atoms with Gasteiger partial charge in [-0.2, -0.15) is 5.26 Å². The summed E-state index contributed by atoms with van der Waals surface area (Å²) in [5.41, 5.74) is 8.73. The minimum absolute atomic E-state index is 0.292. The van der Waals surface area contributed by atoms with Gasteiger partial charge in [-0.05, 0) is 24.1 Å². The molecule has 0 aliphatic carbocycles. The summed E-state index contributed by atoms with van der Waals surface area (Å²) in [5, 5.41) is 9.46. The van der Waals surface area contributed by atoms with Crippen LogP contribution in [0.2, 0.25) is 0 Å². The van der Waals surface area contributed by atoms with Gasteiger partial charge in [-0.15, -0.1) is 0 Å². The molecule has 1 aromatic heterocycles. The van der Waals surface area contributed by atoms with Gasteiger partial charge in [0.25, 0.3) is 0 Å². The SMILES string of the molecule is CC(C)Cn1c(C#N)cc(N)c1N1CCN(c2ccc3c(c2)OCO3)CC1. The predicted octanol–water partition coefficient (Wildman–Crippen LogP) is 2.65. The first kappa shape index (κ1) is 17.4. The molecule has 0 radical (unpaired) electrons. The number of rotatable bonds is 4. The van der Waals surface area contributed by atoms with Crippen molar-refractivity contribution in [1.82, 2.24) is 4.57 Å². The molecular weight excluding hydrogens is 342 g/mol. The summed E-state index contributed by atoms with van der Waals surface area (Å²) >= 11 is 0. The smallest absolute Gasteiger partial charge is 0.231 e. The first-order valence-corrected chi connectivity index (χ1v) is 9.35. The van der Waals surface area contributed by atoms with Gasteiger partial charge in [0.05, 0.1) is 5.69 Å². The molecule has 1 aromatic carbocycles. The summed E-state index contributed by atoms with van der Waals surface area (Å²) in [6.07, 6.45) is 0. The third-order valence-electron chi connectivity index (χ3n) is 5.06. The molecule has 7 nitrogen and oxygen atoms in total. The van der Waals surface area contributed by atoms with Crippen LogP contribution in [0, 0.1) is 17.2 Å². The lowest BCUT2D eigenvalue weighted by atomic mass is 10.2.